The molecule has 1 fully saturated rings. The molecule has 2 atom stereocenters. The lowest BCUT2D eigenvalue weighted by molar-refractivity contribution is -0.217. The molecule has 60 valence electrons. The zero-order chi connectivity index (χ0) is 7.78. The van der Waals surface area contributed by atoms with Crippen LogP contribution in [0.5, 0.6) is 0 Å². The Labute approximate surface area is 61.9 Å². The molecule has 0 bridgehead atoms. The topological polar surface area (TPSA) is 40.5 Å². The Morgan fingerprint density at radius 1 is 1.30 bits per heavy atom. The van der Waals surface area contributed by atoms with Gasteiger partial charge in [0.15, 0.2) is 5.79 Å². The Morgan fingerprint density at radius 2 is 1.90 bits per heavy atom. The second kappa shape index (κ2) is 2.51. The number of aliphatic hydroxyl groups is 2. The van der Waals surface area contributed by atoms with E-state index >= 15 is 0 Å². The zero-order valence-electron chi connectivity index (χ0n) is 6.67. The van der Waals surface area contributed by atoms with Crippen LogP contribution in [0.25, 0.3) is 0 Å². The second-order valence-corrected chi connectivity index (χ2v) is 3.66. The van der Waals surface area contributed by atoms with E-state index in [0.717, 1.165) is 12.8 Å². The monoisotopic (exact) mass is 144 g/mol. The summed E-state index contributed by atoms with van der Waals surface area (Å²) < 4.78 is 0. The fourth-order valence-electron chi connectivity index (χ4n) is 1.62. The molecule has 2 N–H and O–H groups in total. The summed E-state index contributed by atoms with van der Waals surface area (Å²) in [6, 6.07) is 0. The van der Waals surface area contributed by atoms with Crippen LogP contribution < -0.4 is 0 Å². The Balaban J connectivity index is 2.52. The van der Waals surface area contributed by atoms with E-state index in [4.69, 9.17) is 0 Å². The quantitative estimate of drug-likeness (QED) is 0.500. The molecule has 0 saturated heterocycles. The van der Waals surface area contributed by atoms with Crippen LogP contribution >= 0.6 is 0 Å². The van der Waals surface area contributed by atoms with Crippen LogP contribution in [0.2, 0.25) is 0 Å². The van der Waals surface area contributed by atoms with Gasteiger partial charge < -0.3 is 10.2 Å². The van der Waals surface area contributed by atoms with Crippen molar-refractivity contribution in [3.05, 3.63) is 0 Å². The maximum atomic E-state index is 9.32. The van der Waals surface area contributed by atoms with Gasteiger partial charge in [-0.25, -0.2) is 0 Å². The van der Waals surface area contributed by atoms with Gasteiger partial charge in [-0.3, -0.25) is 0 Å². The van der Waals surface area contributed by atoms with E-state index in [9.17, 15) is 10.2 Å². The zero-order valence-corrected chi connectivity index (χ0v) is 6.67. The Hall–Kier alpha value is -0.0800. The van der Waals surface area contributed by atoms with Crippen molar-refractivity contribution in [3.63, 3.8) is 0 Å². The molecule has 0 amide bonds. The molecule has 1 rings (SSSR count). The van der Waals surface area contributed by atoms with Crippen LogP contribution in [0.3, 0.4) is 0 Å². The number of hydrogen-bond donors (Lipinski definition) is 2. The highest BCUT2D eigenvalue weighted by atomic mass is 16.5. The van der Waals surface area contributed by atoms with Gasteiger partial charge in [0.1, 0.15) is 0 Å². The fourth-order valence-corrected chi connectivity index (χ4v) is 1.62. The standard InChI is InChI=1S/C8H16O2/c1-6-3-4-8(9,10)7(2)5-6/h6-7,9-10H,3-5H2,1-2H3. The number of rotatable bonds is 0. The first-order valence-electron chi connectivity index (χ1n) is 3.97. The molecule has 2 heteroatoms. The van der Waals surface area contributed by atoms with Gasteiger partial charge in [0.25, 0.3) is 0 Å². The van der Waals surface area contributed by atoms with Crippen LogP contribution in [0.1, 0.15) is 33.1 Å². The summed E-state index contributed by atoms with van der Waals surface area (Å²) in [5.74, 6) is -0.689. The highest BCUT2D eigenvalue weighted by Gasteiger charge is 2.35. The maximum Gasteiger partial charge on any atom is 0.165 e. The van der Waals surface area contributed by atoms with Crippen molar-refractivity contribution in [1.29, 1.82) is 0 Å². The first-order valence-corrected chi connectivity index (χ1v) is 3.97. The van der Waals surface area contributed by atoms with Gasteiger partial charge in [0.2, 0.25) is 0 Å². The largest absolute Gasteiger partial charge is 0.365 e. The van der Waals surface area contributed by atoms with Crippen LogP contribution in [-0.4, -0.2) is 16.0 Å². The summed E-state index contributed by atoms with van der Waals surface area (Å²) in [7, 11) is 0. The molecular formula is C8H16O2. The van der Waals surface area contributed by atoms with Gasteiger partial charge in [0.05, 0.1) is 0 Å². The molecule has 1 aliphatic carbocycles. The molecular weight excluding hydrogens is 128 g/mol. The van der Waals surface area contributed by atoms with Gasteiger partial charge >= 0.3 is 0 Å². The minimum absolute atomic E-state index is 0.0382. The molecule has 0 heterocycles. The van der Waals surface area contributed by atoms with Gasteiger partial charge in [-0.05, 0) is 18.8 Å². The lowest BCUT2D eigenvalue weighted by atomic mass is 9.79. The third-order valence-corrected chi connectivity index (χ3v) is 2.55. The Bertz CT molecular complexity index is 120. The number of hydrogen-bond acceptors (Lipinski definition) is 2. The van der Waals surface area contributed by atoms with E-state index in [2.05, 4.69) is 6.92 Å². The Morgan fingerprint density at radius 3 is 2.30 bits per heavy atom. The Kier molecular flexibility index (Phi) is 2.02. The molecule has 1 saturated carbocycles. The van der Waals surface area contributed by atoms with E-state index in [-0.39, 0.29) is 5.92 Å². The third-order valence-electron chi connectivity index (χ3n) is 2.55. The summed E-state index contributed by atoms with van der Waals surface area (Å²) in [4.78, 5) is 0. The summed E-state index contributed by atoms with van der Waals surface area (Å²) in [5, 5.41) is 18.6. The van der Waals surface area contributed by atoms with Crippen LogP contribution in [0.4, 0.5) is 0 Å². The molecule has 0 aliphatic heterocycles. The summed E-state index contributed by atoms with van der Waals surface area (Å²) in [5.41, 5.74) is 0. The predicted molar refractivity (Wildman–Crippen MR) is 39.3 cm³/mol. The van der Waals surface area contributed by atoms with Crippen LogP contribution in [0, 0.1) is 11.8 Å². The van der Waals surface area contributed by atoms with E-state index in [1.54, 1.807) is 0 Å². The molecule has 0 aromatic carbocycles. The minimum atomic E-state index is -1.38. The molecule has 2 unspecified atom stereocenters. The van der Waals surface area contributed by atoms with Crippen LogP contribution in [0.15, 0.2) is 0 Å². The van der Waals surface area contributed by atoms with Crippen molar-refractivity contribution in [1.82, 2.24) is 0 Å². The summed E-state index contributed by atoms with van der Waals surface area (Å²) >= 11 is 0. The first kappa shape index (κ1) is 8.02. The van der Waals surface area contributed by atoms with Crippen molar-refractivity contribution in [2.75, 3.05) is 0 Å². The van der Waals surface area contributed by atoms with Gasteiger partial charge in [-0.1, -0.05) is 13.8 Å². The first-order chi connectivity index (χ1) is 4.52. The second-order valence-electron chi connectivity index (χ2n) is 3.66. The van der Waals surface area contributed by atoms with Crippen molar-refractivity contribution in [2.24, 2.45) is 11.8 Å². The molecule has 1 aliphatic rings. The third kappa shape index (κ3) is 1.50. The molecule has 0 aromatic rings. The normalized spacial score (nSPS) is 39.6. The molecule has 0 aromatic heterocycles. The SMILES string of the molecule is CC1CCC(O)(O)C(C)C1. The summed E-state index contributed by atoms with van der Waals surface area (Å²) in [6.07, 6.45) is 2.42. The highest BCUT2D eigenvalue weighted by molar-refractivity contribution is 4.80. The molecule has 2 nitrogen and oxygen atoms in total. The molecule has 0 radical (unpaired) electrons. The maximum absolute atomic E-state index is 9.32. The average Bonchev–Trinajstić information content (AvgIpc) is 1.81. The van der Waals surface area contributed by atoms with Gasteiger partial charge in [-0.2, -0.15) is 0 Å². The highest BCUT2D eigenvalue weighted by Crippen LogP contribution is 2.34. The van der Waals surface area contributed by atoms with Gasteiger partial charge in [-0.15, -0.1) is 0 Å². The smallest absolute Gasteiger partial charge is 0.165 e. The van der Waals surface area contributed by atoms with Gasteiger partial charge in [0, 0.05) is 12.3 Å². The van der Waals surface area contributed by atoms with Crippen molar-refractivity contribution >= 4 is 0 Å². The van der Waals surface area contributed by atoms with E-state index in [1.165, 1.54) is 0 Å². The molecule has 0 spiro atoms. The lowest BCUT2D eigenvalue weighted by Gasteiger charge is -2.36. The average molecular weight is 144 g/mol. The van der Waals surface area contributed by atoms with E-state index in [1.807, 2.05) is 6.92 Å². The van der Waals surface area contributed by atoms with E-state index in [0.29, 0.717) is 12.3 Å². The summed E-state index contributed by atoms with van der Waals surface area (Å²) in [6.45, 7) is 4.06. The minimum Gasteiger partial charge on any atom is -0.365 e. The van der Waals surface area contributed by atoms with Crippen LogP contribution in [-0.2, 0) is 0 Å². The van der Waals surface area contributed by atoms with Crippen molar-refractivity contribution in [3.8, 4) is 0 Å². The van der Waals surface area contributed by atoms with E-state index < -0.39 is 5.79 Å². The lowest BCUT2D eigenvalue weighted by Crippen LogP contribution is -2.40. The fraction of sp³-hybridized carbons (Fsp3) is 1.00. The van der Waals surface area contributed by atoms with Crippen molar-refractivity contribution < 1.29 is 10.2 Å². The van der Waals surface area contributed by atoms with Crippen molar-refractivity contribution in [2.45, 2.75) is 38.9 Å². The predicted octanol–water partition coefficient (Wildman–Crippen LogP) is 1.12. The molecule has 10 heavy (non-hydrogen) atoms.